The van der Waals surface area contributed by atoms with Gasteiger partial charge in [-0.2, -0.15) is 0 Å². The molecule has 0 aliphatic carbocycles. The first kappa shape index (κ1) is 11.7. The van der Waals surface area contributed by atoms with Crippen LogP contribution in [0.3, 0.4) is 0 Å². The lowest BCUT2D eigenvalue weighted by Gasteiger charge is -2.06. The van der Waals surface area contributed by atoms with Crippen molar-refractivity contribution in [3.05, 3.63) is 71.4 Å². The highest BCUT2D eigenvalue weighted by Gasteiger charge is 2.03. The van der Waals surface area contributed by atoms with E-state index in [2.05, 4.69) is 48.0 Å². The monoisotopic (exact) mass is 249 g/mol. The zero-order valence-corrected chi connectivity index (χ0v) is 10.8. The predicted octanol–water partition coefficient (Wildman–Crippen LogP) is 3.81. The molecule has 0 N–H and O–H groups in total. The Morgan fingerprint density at radius 2 is 1.84 bits per heavy atom. The molecule has 0 amide bonds. The van der Waals surface area contributed by atoms with Crippen molar-refractivity contribution < 1.29 is 4.79 Å². The number of fused-ring (bicyclic) bond motifs is 1. The fourth-order valence-electron chi connectivity index (χ4n) is 2.30. The third kappa shape index (κ3) is 2.29. The standard InChI is InChI=1S/C17H15NO/c1-13-2-4-14(5-3-13)11-18-9-8-16-7-6-15(12-19)10-17(16)18/h2-10,12H,11H2,1H3. The molecule has 0 saturated carbocycles. The fourth-order valence-corrected chi connectivity index (χ4v) is 2.30. The van der Waals surface area contributed by atoms with Crippen LogP contribution in [0.15, 0.2) is 54.7 Å². The number of carbonyl (C=O) groups is 1. The molecule has 0 aliphatic rings. The van der Waals surface area contributed by atoms with Crippen molar-refractivity contribution in [1.29, 1.82) is 0 Å². The molecule has 0 unspecified atom stereocenters. The summed E-state index contributed by atoms with van der Waals surface area (Å²) < 4.78 is 2.17. The summed E-state index contributed by atoms with van der Waals surface area (Å²) in [5.74, 6) is 0. The van der Waals surface area contributed by atoms with Gasteiger partial charge in [0.15, 0.2) is 0 Å². The molecule has 0 saturated heterocycles. The number of nitrogens with zero attached hydrogens (tertiary/aromatic N) is 1. The number of carbonyl (C=O) groups excluding carboxylic acids is 1. The maximum absolute atomic E-state index is 10.9. The minimum atomic E-state index is 0.719. The van der Waals surface area contributed by atoms with Crippen LogP contribution < -0.4 is 0 Å². The second-order valence-electron chi connectivity index (χ2n) is 4.87. The van der Waals surface area contributed by atoms with Crippen LogP contribution in [0.4, 0.5) is 0 Å². The van der Waals surface area contributed by atoms with Gasteiger partial charge in [0.25, 0.3) is 0 Å². The Balaban J connectivity index is 2.00. The molecule has 1 heterocycles. The third-order valence-electron chi connectivity index (χ3n) is 3.41. The van der Waals surface area contributed by atoms with Crippen molar-refractivity contribution in [2.75, 3.05) is 0 Å². The number of aryl methyl sites for hydroxylation is 1. The number of rotatable bonds is 3. The van der Waals surface area contributed by atoms with E-state index >= 15 is 0 Å². The molecule has 2 nitrogen and oxygen atoms in total. The van der Waals surface area contributed by atoms with Gasteiger partial charge in [-0.05, 0) is 30.0 Å². The van der Waals surface area contributed by atoms with E-state index in [1.54, 1.807) is 0 Å². The van der Waals surface area contributed by atoms with Gasteiger partial charge in [-0.25, -0.2) is 0 Å². The summed E-state index contributed by atoms with van der Waals surface area (Å²) >= 11 is 0. The average Bonchev–Trinajstić information content (AvgIpc) is 2.84. The van der Waals surface area contributed by atoms with Crippen LogP contribution in [0.5, 0.6) is 0 Å². The fraction of sp³-hybridized carbons (Fsp3) is 0.118. The Morgan fingerprint density at radius 1 is 1.05 bits per heavy atom. The van der Waals surface area contributed by atoms with Gasteiger partial charge in [0.1, 0.15) is 6.29 Å². The zero-order valence-electron chi connectivity index (χ0n) is 10.8. The van der Waals surface area contributed by atoms with Gasteiger partial charge < -0.3 is 4.57 Å². The van der Waals surface area contributed by atoms with Crippen LogP contribution >= 0.6 is 0 Å². The molecule has 3 rings (SSSR count). The molecule has 0 bridgehead atoms. The van der Waals surface area contributed by atoms with Gasteiger partial charge >= 0.3 is 0 Å². The van der Waals surface area contributed by atoms with Gasteiger partial charge in [0, 0.05) is 23.8 Å². The quantitative estimate of drug-likeness (QED) is 0.647. The van der Waals surface area contributed by atoms with Crippen molar-refractivity contribution in [2.45, 2.75) is 13.5 Å². The lowest BCUT2D eigenvalue weighted by atomic mass is 10.1. The van der Waals surface area contributed by atoms with E-state index in [0.29, 0.717) is 0 Å². The second kappa shape index (κ2) is 4.73. The van der Waals surface area contributed by atoms with Crippen molar-refractivity contribution in [1.82, 2.24) is 4.57 Å². The maximum atomic E-state index is 10.9. The molecule has 2 aromatic carbocycles. The summed E-state index contributed by atoms with van der Waals surface area (Å²) in [5.41, 5.74) is 4.35. The Kier molecular flexibility index (Phi) is 2.92. The van der Waals surface area contributed by atoms with Crippen LogP contribution in [0.25, 0.3) is 10.9 Å². The summed E-state index contributed by atoms with van der Waals surface area (Å²) in [6.07, 6.45) is 2.96. The van der Waals surface area contributed by atoms with Crippen molar-refractivity contribution in [2.24, 2.45) is 0 Å². The summed E-state index contributed by atoms with van der Waals surface area (Å²) in [5, 5.41) is 1.16. The van der Waals surface area contributed by atoms with E-state index in [1.807, 2.05) is 18.2 Å². The molecular weight excluding hydrogens is 234 g/mol. The van der Waals surface area contributed by atoms with Crippen LogP contribution in [0.1, 0.15) is 21.5 Å². The van der Waals surface area contributed by atoms with Crippen LogP contribution in [0.2, 0.25) is 0 Å². The largest absolute Gasteiger partial charge is 0.343 e. The van der Waals surface area contributed by atoms with Gasteiger partial charge in [-0.1, -0.05) is 42.0 Å². The topological polar surface area (TPSA) is 22.0 Å². The molecule has 2 heteroatoms. The Hall–Kier alpha value is -2.35. The summed E-state index contributed by atoms with van der Waals surface area (Å²) in [6.45, 7) is 2.91. The average molecular weight is 249 g/mol. The molecule has 94 valence electrons. The first-order valence-electron chi connectivity index (χ1n) is 6.36. The van der Waals surface area contributed by atoms with E-state index in [0.717, 1.165) is 29.3 Å². The Labute approximate surface area is 112 Å². The van der Waals surface area contributed by atoms with E-state index in [9.17, 15) is 4.79 Å². The molecule has 0 fully saturated rings. The number of hydrogen-bond acceptors (Lipinski definition) is 1. The van der Waals surface area contributed by atoms with Crippen molar-refractivity contribution in [3.8, 4) is 0 Å². The minimum absolute atomic E-state index is 0.719. The van der Waals surface area contributed by atoms with Gasteiger partial charge in [-0.15, -0.1) is 0 Å². The Bertz CT molecular complexity index is 723. The molecule has 0 aliphatic heterocycles. The Morgan fingerprint density at radius 3 is 2.58 bits per heavy atom. The van der Waals surface area contributed by atoms with Gasteiger partial charge in [-0.3, -0.25) is 4.79 Å². The molecule has 19 heavy (non-hydrogen) atoms. The van der Waals surface area contributed by atoms with Gasteiger partial charge in [0.05, 0.1) is 0 Å². The molecule has 0 radical (unpaired) electrons. The number of aldehydes is 1. The molecule has 0 spiro atoms. The minimum Gasteiger partial charge on any atom is -0.343 e. The third-order valence-corrected chi connectivity index (χ3v) is 3.41. The van der Waals surface area contributed by atoms with E-state index < -0.39 is 0 Å². The van der Waals surface area contributed by atoms with E-state index in [4.69, 9.17) is 0 Å². The summed E-state index contributed by atoms with van der Waals surface area (Å²) in [4.78, 5) is 10.9. The number of benzene rings is 2. The summed E-state index contributed by atoms with van der Waals surface area (Å²) in [6, 6.07) is 16.4. The SMILES string of the molecule is Cc1ccc(Cn2ccc3ccc(C=O)cc32)cc1. The van der Waals surface area contributed by atoms with Crippen molar-refractivity contribution >= 4 is 17.2 Å². The lowest BCUT2D eigenvalue weighted by Crippen LogP contribution is -1.98. The van der Waals surface area contributed by atoms with Crippen LogP contribution in [-0.4, -0.2) is 10.9 Å². The molecule has 3 aromatic rings. The van der Waals surface area contributed by atoms with E-state index in [1.165, 1.54) is 11.1 Å². The maximum Gasteiger partial charge on any atom is 0.150 e. The van der Waals surface area contributed by atoms with Crippen LogP contribution in [0, 0.1) is 6.92 Å². The summed E-state index contributed by atoms with van der Waals surface area (Å²) in [7, 11) is 0. The second-order valence-corrected chi connectivity index (χ2v) is 4.87. The zero-order chi connectivity index (χ0) is 13.2. The number of aromatic nitrogens is 1. The highest BCUT2D eigenvalue weighted by atomic mass is 16.1. The smallest absolute Gasteiger partial charge is 0.150 e. The highest BCUT2D eigenvalue weighted by Crippen LogP contribution is 2.18. The molecule has 0 atom stereocenters. The molecule has 1 aromatic heterocycles. The van der Waals surface area contributed by atoms with Crippen LogP contribution in [-0.2, 0) is 6.54 Å². The lowest BCUT2D eigenvalue weighted by molar-refractivity contribution is 0.112. The predicted molar refractivity (Wildman–Crippen MR) is 77.6 cm³/mol. The van der Waals surface area contributed by atoms with Gasteiger partial charge in [0.2, 0.25) is 0 Å². The van der Waals surface area contributed by atoms with Crippen molar-refractivity contribution in [3.63, 3.8) is 0 Å². The van der Waals surface area contributed by atoms with E-state index in [-0.39, 0.29) is 0 Å². The normalized spacial score (nSPS) is 10.8. The first-order chi connectivity index (χ1) is 9.26. The number of hydrogen-bond donors (Lipinski definition) is 0. The first-order valence-corrected chi connectivity index (χ1v) is 6.36. The highest BCUT2D eigenvalue weighted by molar-refractivity contribution is 5.87. The molecular formula is C17H15NO.